The van der Waals surface area contributed by atoms with Gasteiger partial charge in [0.2, 0.25) is 0 Å². The van der Waals surface area contributed by atoms with E-state index in [9.17, 15) is 14.9 Å². The standard InChI is InChI=1S/C31H20N2O3/c32-20-24(30(34)33-29-17-7-12-23-10-2-4-15-27(23)29)18-21-8-5-13-25(19-21)36-31(35)28-16-6-11-22-9-1-3-14-26(22)28/h1-19H,(H,33,34)/b24-18+. The van der Waals surface area contributed by atoms with E-state index in [0.717, 1.165) is 21.5 Å². The first kappa shape index (κ1) is 22.6. The van der Waals surface area contributed by atoms with Crippen LogP contribution in [0.5, 0.6) is 5.75 Å². The zero-order valence-corrected chi connectivity index (χ0v) is 19.1. The zero-order valence-electron chi connectivity index (χ0n) is 19.1. The van der Waals surface area contributed by atoms with Crippen molar-refractivity contribution in [3.8, 4) is 11.8 Å². The molecule has 0 aliphatic rings. The van der Waals surface area contributed by atoms with Crippen LogP contribution >= 0.6 is 0 Å². The van der Waals surface area contributed by atoms with Crippen LogP contribution in [0.3, 0.4) is 0 Å². The van der Waals surface area contributed by atoms with Gasteiger partial charge in [-0.3, -0.25) is 4.79 Å². The third-order valence-electron chi connectivity index (χ3n) is 5.79. The van der Waals surface area contributed by atoms with E-state index in [1.54, 1.807) is 36.4 Å². The molecule has 36 heavy (non-hydrogen) atoms. The molecule has 0 aliphatic heterocycles. The molecule has 0 unspecified atom stereocenters. The van der Waals surface area contributed by atoms with Crippen LogP contribution in [0.1, 0.15) is 15.9 Å². The largest absolute Gasteiger partial charge is 0.423 e. The van der Waals surface area contributed by atoms with Gasteiger partial charge in [0.05, 0.1) is 5.56 Å². The quantitative estimate of drug-likeness (QED) is 0.134. The van der Waals surface area contributed by atoms with Crippen LogP contribution in [0.2, 0.25) is 0 Å². The SMILES string of the molecule is N#C/C(=C\c1cccc(OC(=O)c2cccc3ccccc23)c1)C(=O)Nc1cccc2ccccc12. The van der Waals surface area contributed by atoms with E-state index in [0.29, 0.717) is 22.6 Å². The van der Waals surface area contributed by atoms with E-state index < -0.39 is 11.9 Å². The average molecular weight is 469 g/mol. The number of anilines is 1. The molecule has 1 amide bonds. The van der Waals surface area contributed by atoms with Gasteiger partial charge in [-0.25, -0.2) is 4.79 Å². The summed E-state index contributed by atoms with van der Waals surface area (Å²) in [5.74, 6) is -0.692. The molecule has 5 aromatic carbocycles. The number of esters is 1. The van der Waals surface area contributed by atoms with Gasteiger partial charge >= 0.3 is 5.97 Å². The van der Waals surface area contributed by atoms with Crippen molar-refractivity contribution in [1.82, 2.24) is 0 Å². The summed E-state index contributed by atoms with van der Waals surface area (Å²) in [4.78, 5) is 25.8. The molecule has 1 N–H and O–H groups in total. The predicted molar refractivity (Wildman–Crippen MR) is 142 cm³/mol. The summed E-state index contributed by atoms with van der Waals surface area (Å²) < 4.78 is 5.62. The number of nitriles is 1. The van der Waals surface area contributed by atoms with Crippen LogP contribution in [0.4, 0.5) is 5.69 Å². The summed E-state index contributed by atoms with van der Waals surface area (Å²) in [6, 6.07) is 35.0. The van der Waals surface area contributed by atoms with E-state index in [1.165, 1.54) is 6.08 Å². The monoisotopic (exact) mass is 468 g/mol. The lowest BCUT2D eigenvalue weighted by Crippen LogP contribution is -2.13. The predicted octanol–water partition coefficient (Wildman–Crippen LogP) is 6.76. The van der Waals surface area contributed by atoms with Crippen LogP contribution < -0.4 is 10.1 Å². The molecule has 0 aromatic heterocycles. The second kappa shape index (κ2) is 9.96. The molecule has 5 heteroatoms. The second-order valence-corrected chi connectivity index (χ2v) is 8.14. The Morgan fingerprint density at radius 1 is 0.750 bits per heavy atom. The van der Waals surface area contributed by atoms with E-state index in [1.807, 2.05) is 78.9 Å². The van der Waals surface area contributed by atoms with Crippen LogP contribution in [-0.4, -0.2) is 11.9 Å². The second-order valence-electron chi connectivity index (χ2n) is 8.14. The van der Waals surface area contributed by atoms with Crippen LogP contribution in [0.15, 0.2) is 115 Å². The Bertz CT molecular complexity index is 1690. The van der Waals surface area contributed by atoms with Crippen molar-refractivity contribution in [2.75, 3.05) is 5.32 Å². The maximum absolute atomic E-state index is 12.9. The number of nitrogens with one attached hydrogen (secondary N) is 1. The lowest BCUT2D eigenvalue weighted by molar-refractivity contribution is -0.112. The lowest BCUT2D eigenvalue weighted by atomic mass is 10.0. The summed E-state index contributed by atoms with van der Waals surface area (Å²) >= 11 is 0. The lowest BCUT2D eigenvalue weighted by Gasteiger charge is -2.09. The molecular weight excluding hydrogens is 448 g/mol. The van der Waals surface area contributed by atoms with Gasteiger partial charge in [0, 0.05) is 11.1 Å². The number of benzene rings is 5. The Balaban J connectivity index is 1.37. The Morgan fingerprint density at radius 3 is 2.17 bits per heavy atom. The molecule has 0 radical (unpaired) electrons. The summed E-state index contributed by atoms with van der Waals surface area (Å²) in [5, 5.41) is 16.1. The molecule has 172 valence electrons. The Kier molecular flexibility index (Phi) is 6.25. The summed E-state index contributed by atoms with van der Waals surface area (Å²) in [6.45, 7) is 0. The number of ether oxygens (including phenoxy) is 1. The van der Waals surface area contributed by atoms with Gasteiger partial charge in [0.15, 0.2) is 0 Å². The van der Waals surface area contributed by atoms with Crippen molar-refractivity contribution in [2.45, 2.75) is 0 Å². The molecule has 0 aliphatic carbocycles. The third kappa shape index (κ3) is 4.70. The number of carbonyl (C=O) groups excluding carboxylic acids is 2. The molecule has 0 heterocycles. The van der Waals surface area contributed by atoms with Crippen molar-refractivity contribution < 1.29 is 14.3 Å². The first-order valence-electron chi connectivity index (χ1n) is 11.3. The van der Waals surface area contributed by atoms with Crippen LogP contribution in [0.25, 0.3) is 27.6 Å². The molecule has 5 rings (SSSR count). The first-order valence-corrected chi connectivity index (χ1v) is 11.3. The number of fused-ring (bicyclic) bond motifs is 2. The van der Waals surface area contributed by atoms with E-state index in [4.69, 9.17) is 4.74 Å². The highest BCUT2D eigenvalue weighted by molar-refractivity contribution is 6.13. The van der Waals surface area contributed by atoms with Gasteiger partial charge in [-0.05, 0) is 52.1 Å². The smallest absolute Gasteiger partial charge is 0.344 e. The van der Waals surface area contributed by atoms with Crippen molar-refractivity contribution in [3.05, 3.63) is 126 Å². The zero-order chi connectivity index (χ0) is 24.9. The van der Waals surface area contributed by atoms with Gasteiger partial charge in [-0.1, -0.05) is 84.9 Å². The van der Waals surface area contributed by atoms with E-state index in [2.05, 4.69) is 5.32 Å². The Labute approximate surface area is 207 Å². The molecule has 0 saturated carbocycles. The minimum atomic E-state index is -0.521. The number of carbonyl (C=O) groups is 2. The Morgan fingerprint density at radius 2 is 1.39 bits per heavy atom. The average Bonchev–Trinajstić information content (AvgIpc) is 2.91. The summed E-state index contributed by atoms with van der Waals surface area (Å²) in [6.07, 6.45) is 1.47. The molecular formula is C31H20N2O3. The van der Waals surface area contributed by atoms with Crippen molar-refractivity contribution in [2.24, 2.45) is 0 Å². The fourth-order valence-corrected chi connectivity index (χ4v) is 4.07. The van der Waals surface area contributed by atoms with Crippen molar-refractivity contribution >= 4 is 45.2 Å². The maximum Gasteiger partial charge on any atom is 0.344 e. The molecule has 5 nitrogen and oxygen atoms in total. The van der Waals surface area contributed by atoms with Gasteiger partial charge in [0.25, 0.3) is 5.91 Å². The number of rotatable bonds is 5. The summed E-state index contributed by atoms with van der Waals surface area (Å²) in [7, 11) is 0. The summed E-state index contributed by atoms with van der Waals surface area (Å²) in [5.41, 5.74) is 1.57. The number of hydrogen-bond donors (Lipinski definition) is 1. The number of amides is 1. The topological polar surface area (TPSA) is 79.2 Å². The highest BCUT2D eigenvalue weighted by atomic mass is 16.5. The minimum Gasteiger partial charge on any atom is -0.423 e. The highest BCUT2D eigenvalue weighted by Gasteiger charge is 2.14. The van der Waals surface area contributed by atoms with Gasteiger partial charge in [-0.15, -0.1) is 0 Å². The fourth-order valence-electron chi connectivity index (χ4n) is 4.07. The van der Waals surface area contributed by atoms with E-state index >= 15 is 0 Å². The van der Waals surface area contributed by atoms with Crippen LogP contribution in [0, 0.1) is 11.3 Å². The minimum absolute atomic E-state index is 0.0690. The molecule has 0 fully saturated rings. The number of nitrogens with zero attached hydrogens (tertiary/aromatic N) is 1. The molecule has 0 saturated heterocycles. The van der Waals surface area contributed by atoms with E-state index in [-0.39, 0.29) is 5.57 Å². The molecule has 0 bridgehead atoms. The molecule has 5 aromatic rings. The van der Waals surface area contributed by atoms with Gasteiger partial charge < -0.3 is 10.1 Å². The fraction of sp³-hybridized carbons (Fsp3) is 0. The van der Waals surface area contributed by atoms with Crippen molar-refractivity contribution in [1.29, 1.82) is 5.26 Å². The van der Waals surface area contributed by atoms with Gasteiger partial charge in [-0.2, -0.15) is 5.26 Å². The highest BCUT2D eigenvalue weighted by Crippen LogP contribution is 2.25. The van der Waals surface area contributed by atoms with Crippen LogP contribution in [-0.2, 0) is 4.79 Å². The van der Waals surface area contributed by atoms with Crippen molar-refractivity contribution in [3.63, 3.8) is 0 Å². The molecule has 0 spiro atoms. The van der Waals surface area contributed by atoms with Gasteiger partial charge in [0.1, 0.15) is 17.4 Å². The maximum atomic E-state index is 12.9. The first-order chi connectivity index (χ1) is 17.6. The number of hydrogen-bond acceptors (Lipinski definition) is 4. The third-order valence-corrected chi connectivity index (χ3v) is 5.79. The normalized spacial score (nSPS) is 11.1. The molecule has 0 atom stereocenters. The Hall–Kier alpha value is -5.21.